The van der Waals surface area contributed by atoms with E-state index in [1.165, 1.54) is 6.07 Å². The van der Waals surface area contributed by atoms with Crippen LogP contribution in [-0.4, -0.2) is 9.91 Å². The van der Waals surface area contributed by atoms with Gasteiger partial charge in [-0.2, -0.15) is 0 Å². The third kappa shape index (κ3) is 2.42. The lowest BCUT2D eigenvalue weighted by Gasteiger charge is -2.04. The van der Waals surface area contributed by atoms with E-state index < -0.39 is 4.92 Å². The summed E-state index contributed by atoms with van der Waals surface area (Å²) in [7, 11) is 0. The third-order valence-corrected chi connectivity index (χ3v) is 1.79. The third-order valence-electron chi connectivity index (χ3n) is 1.79. The van der Waals surface area contributed by atoms with Gasteiger partial charge in [-0.25, -0.2) is 4.98 Å². The van der Waals surface area contributed by atoms with Crippen molar-refractivity contribution >= 4 is 11.5 Å². The van der Waals surface area contributed by atoms with Gasteiger partial charge in [0, 0.05) is 12.3 Å². The molecular weight excluding hydrogens is 182 g/mol. The predicted molar refractivity (Wildman–Crippen MR) is 53.8 cm³/mol. The van der Waals surface area contributed by atoms with Gasteiger partial charge in [-0.15, -0.1) is 0 Å². The van der Waals surface area contributed by atoms with E-state index in [-0.39, 0.29) is 11.5 Å². The maximum absolute atomic E-state index is 10.5. The fourth-order valence-electron chi connectivity index (χ4n) is 1.23. The van der Waals surface area contributed by atoms with Crippen LogP contribution in [0.2, 0.25) is 0 Å². The molecule has 0 spiro atoms. The fourth-order valence-corrected chi connectivity index (χ4v) is 1.23. The molecule has 0 aliphatic rings. The molecule has 0 atom stereocenters. The second-order valence-electron chi connectivity index (χ2n) is 3.60. The summed E-state index contributed by atoms with van der Waals surface area (Å²) >= 11 is 0. The van der Waals surface area contributed by atoms with Gasteiger partial charge >= 0.3 is 5.69 Å². The van der Waals surface area contributed by atoms with Crippen molar-refractivity contribution in [2.24, 2.45) is 5.92 Å². The van der Waals surface area contributed by atoms with E-state index in [0.29, 0.717) is 5.92 Å². The Morgan fingerprint density at radius 1 is 1.64 bits per heavy atom. The summed E-state index contributed by atoms with van der Waals surface area (Å²) in [5.41, 5.74) is 6.11. The molecule has 0 aliphatic heterocycles. The van der Waals surface area contributed by atoms with E-state index in [2.05, 4.69) is 4.98 Å². The Bertz CT molecular complexity index is 350. The van der Waals surface area contributed by atoms with Crippen LogP contribution in [0, 0.1) is 16.0 Å². The maximum Gasteiger partial charge on any atom is 0.311 e. The Hall–Kier alpha value is -1.65. The lowest BCUT2D eigenvalue weighted by molar-refractivity contribution is -0.384. The quantitative estimate of drug-likeness (QED) is 0.588. The van der Waals surface area contributed by atoms with Gasteiger partial charge < -0.3 is 5.73 Å². The van der Waals surface area contributed by atoms with Crippen LogP contribution < -0.4 is 5.73 Å². The number of hydrogen-bond acceptors (Lipinski definition) is 4. The van der Waals surface area contributed by atoms with Gasteiger partial charge in [0.15, 0.2) is 0 Å². The normalized spacial score (nSPS) is 10.5. The molecule has 14 heavy (non-hydrogen) atoms. The molecule has 5 nitrogen and oxygen atoms in total. The zero-order valence-electron chi connectivity index (χ0n) is 8.23. The van der Waals surface area contributed by atoms with Gasteiger partial charge in [-0.05, 0) is 17.9 Å². The Balaban J connectivity index is 3.00. The van der Waals surface area contributed by atoms with Crippen LogP contribution >= 0.6 is 0 Å². The Labute approximate surface area is 82.1 Å². The summed E-state index contributed by atoms with van der Waals surface area (Å²) in [5, 5.41) is 10.5. The van der Waals surface area contributed by atoms with Gasteiger partial charge in [-0.1, -0.05) is 13.8 Å². The molecule has 0 bridgehead atoms. The SMILES string of the molecule is CC(C)Cc1cnc(N)c([N+](=O)[O-])c1. The van der Waals surface area contributed by atoms with E-state index >= 15 is 0 Å². The second kappa shape index (κ2) is 4.04. The molecule has 1 heterocycles. The minimum Gasteiger partial charge on any atom is -0.378 e. The topological polar surface area (TPSA) is 82.0 Å². The summed E-state index contributed by atoms with van der Waals surface area (Å²) in [6, 6.07) is 1.49. The summed E-state index contributed by atoms with van der Waals surface area (Å²) in [4.78, 5) is 13.8. The van der Waals surface area contributed by atoms with E-state index in [9.17, 15) is 10.1 Å². The number of rotatable bonds is 3. The highest BCUT2D eigenvalue weighted by molar-refractivity contribution is 5.52. The van der Waals surface area contributed by atoms with Crippen molar-refractivity contribution in [1.29, 1.82) is 0 Å². The zero-order chi connectivity index (χ0) is 10.7. The standard InChI is InChI=1S/C9H13N3O2/c1-6(2)3-7-4-8(12(13)14)9(10)11-5-7/h4-6H,3H2,1-2H3,(H2,10,11). The van der Waals surface area contributed by atoms with Crippen molar-refractivity contribution in [2.45, 2.75) is 20.3 Å². The summed E-state index contributed by atoms with van der Waals surface area (Å²) in [6.07, 6.45) is 2.36. The molecule has 1 rings (SSSR count). The largest absolute Gasteiger partial charge is 0.378 e. The highest BCUT2D eigenvalue weighted by Crippen LogP contribution is 2.20. The number of pyridine rings is 1. The van der Waals surface area contributed by atoms with Crippen molar-refractivity contribution < 1.29 is 4.92 Å². The molecule has 5 heteroatoms. The number of nitrogen functional groups attached to an aromatic ring is 1. The van der Waals surface area contributed by atoms with Crippen LogP contribution in [-0.2, 0) is 6.42 Å². The number of anilines is 1. The van der Waals surface area contributed by atoms with Crippen molar-refractivity contribution in [1.82, 2.24) is 4.98 Å². The number of nitro groups is 1. The van der Waals surface area contributed by atoms with Gasteiger partial charge in [0.1, 0.15) is 0 Å². The van der Waals surface area contributed by atoms with E-state index in [1.807, 2.05) is 13.8 Å². The lowest BCUT2D eigenvalue weighted by atomic mass is 10.0. The average molecular weight is 195 g/mol. The van der Waals surface area contributed by atoms with Crippen LogP contribution in [0.5, 0.6) is 0 Å². The molecule has 0 radical (unpaired) electrons. The molecule has 0 saturated heterocycles. The maximum atomic E-state index is 10.5. The molecule has 0 aromatic carbocycles. The van der Waals surface area contributed by atoms with Crippen LogP contribution in [0.15, 0.2) is 12.3 Å². The van der Waals surface area contributed by atoms with Crippen LogP contribution in [0.4, 0.5) is 11.5 Å². The molecule has 1 aromatic rings. The average Bonchev–Trinajstić information content (AvgIpc) is 2.07. The molecule has 0 aliphatic carbocycles. The van der Waals surface area contributed by atoms with Crippen molar-refractivity contribution in [3.63, 3.8) is 0 Å². The minimum absolute atomic E-state index is 0.0255. The van der Waals surface area contributed by atoms with E-state index in [4.69, 9.17) is 5.73 Å². The second-order valence-corrected chi connectivity index (χ2v) is 3.60. The van der Waals surface area contributed by atoms with E-state index in [1.54, 1.807) is 6.20 Å². The zero-order valence-corrected chi connectivity index (χ0v) is 8.23. The Morgan fingerprint density at radius 2 is 2.29 bits per heavy atom. The highest BCUT2D eigenvalue weighted by atomic mass is 16.6. The van der Waals surface area contributed by atoms with Crippen LogP contribution in [0.3, 0.4) is 0 Å². The molecule has 0 fully saturated rings. The first-order valence-corrected chi connectivity index (χ1v) is 4.39. The summed E-state index contributed by atoms with van der Waals surface area (Å²) < 4.78 is 0. The van der Waals surface area contributed by atoms with Crippen LogP contribution in [0.1, 0.15) is 19.4 Å². The van der Waals surface area contributed by atoms with Crippen molar-refractivity contribution in [3.8, 4) is 0 Å². The van der Waals surface area contributed by atoms with Gasteiger partial charge in [0.2, 0.25) is 5.82 Å². The summed E-state index contributed by atoms with van der Waals surface area (Å²) in [6.45, 7) is 4.09. The number of hydrogen-bond donors (Lipinski definition) is 1. The van der Waals surface area contributed by atoms with Gasteiger partial charge in [0.05, 0.1) is 4.92 Å². The van der Waals surface area contributed by atoms with E-state index in [0.717, 1.165) is 12.0 Å². The van der Waals surface area contributed by atoms with Gasteiger partial charge in [0.25, 0.3) is 0 Å². The lowest BCUT2D eigenvalue weighted by Crippen LogP contribution is -2.01. The van der Waals surface area contributed by atoms with Gasteiger partial charge in [-0.3, -0.25) is 10.1 Å². The molecular formula is C9H13N3O2. The molecule has 1 aromatic heterocycles. The monoisotopic (exact) mass is 195 g/mol. The number of nitrogens with two attached hydrogens (primary N) is 1. The summed E-state index contributed by atoms with van der Waals surface area (Å²) in [5.74, 6) is 0.419. The minimum atomic E-state index is -0.508. The number of nitrogens with zero attached hydrogens (tertiary/aromatic N) is 2. The molecule has 2 N–H and O–H groups in total. The van der Waals surface area contributed by atoms with Crippen molar-refractivity contribution in [3.05, 3.63) is 27.9 Å². The van der Waals surface area contributed by atoms with Crippen molar-refractivity contribution in [2.75, 3.05) is 5.73 Å². The van der Waals surface area contributed by atoms with Crippen LogP contribution in [0.25, 0.3) is 0 Å². The first-order valence-electron chi connectivity index (χ1n) is 4.39. The highest BCUT2D eigenvalue weighted by Gasteiger charge is 2.13. The fraction of sp³-hybridized carbons (Fsp3) is 0.444. The predicted octanol–water partition coefficient (Wildman–Crippen LogP) is 1.77. The molecule has 76 valence electrons. The molecule has 0 unspecified atom stereocenters. The smallest absolute Gasteiger partial charge is 0.311 e. The molecule has 0 amide bonds. The molecule has 0 saturated carbocycles. The Kier molecular flexibility index (Phi) is 3.01. The first-order chi connectivity index (χ1) is 6.50. The first kappa shape index (κ1) is 10.4. The number of aromatic nitrogens is 1. The Morgan fingerprint density at radius 3 is 2.79 bits per heavy atom.